The van der Waals surface area contributed by atoms with Gasteiger partial charge in [0.05, 0.1) is 17.9 Å². The highest BCUT2D eigenvalue weighted by atomic mass is 32.2. The molecule has 0 N–H and O–H groups in total. The molecule has 3 aromatic rings. The van der Waals surface area contributed by atoms with E-state index in [-0.39, 0.29) is 23.3 Å². The number of hydrogen-bond acceptors (Lipinski definition) is 6. The predicted molar refractivity (Wildman–Crippen MR) is 116 cm³/mol. The van der Waals surface area contributed by atoms with E-state index in [1.165, 1.54) is 30.1 Å². The minimum Gasteiger partial charge on any atom is -0.340 e. The number of piperazine rings is 1. The lowest BCUT2D eigenvalue weighted by molar-refractivity contribution is -0.133. The van der Waals surface area contributed by atoms with E-state index in [0.717, 1.165) is 32.7 Å². The summed E-state index contributed by atoms with van der Waals surface area (Å²) in [6, 6.07) is 5.68. The van der Waals surface area contributed by atoms with E-state index in [9.17, 15) is 14.0 Å². The van der Waals surface area contributed by atoms with Crippen molar-refractivity contribution in [2.75, 3.05) is 38.5 Å². The fraction of sp³-hybridized carbons (Fsp3) is 0.429. The molecule has 5 rings (SSSR count). The lowest BCUT2D eigenvalue weighted by Gasteiger charge is -2.34. The van der Waals surface area contributed by atoms with Gasteiger partial charge in [-0.2, -0.15) is 5.10 Å². The number of fused-ring (bicyclic) bond motifs is 2. The van der Waals surface area contributed by atoms with Gasteiger partial charge in [-0.25, -0.2) is 14.1 Å². The summed E-state index contributed by atoms with van der Waals surface area (Å²) in [4.78, 5) is 35.0. The predicted octanol–water partition coefficient (Wildman–Crippen LogP) is 1.92. The molecule has 31 heavy (non-hydrogen) atoms. The van der Waals surface area contributed by atoms with Crippen molar-refractivity contribution in [1.82, 2.24) is 29.1 Å². The first-order valence-electron chi connectivity index (χ1n) is 10.4. The van der Waals surface area contributed by atoms with E-state index < -0.39 is 0 Å². The third kappa shape index (κ3) is 3.63. The van der Waals surface area contributed by atoms with E-state index in [4.69, 9.17) is 0 Å². The Morgan fingerprint density at radius 3 is 2.65 bits per heavy atom. The van der Waals surface area contributed by atoms with Crippen LogP contribution in [0.2, 0.25) is 0 Å². The zero-order chi connectivity index (χ0) is 21.5. The van der Waals surface area contributed by atoms with Crippen molar-refractivity contribution in [2.24, 2.45) is 0 Å². The Morgan fingerprint density at radius 1 is 1.19 bits per heavy atom. The molecule has 2 aliphatic rings. The molecule has 0 saturated carbocycles. The molecule has 1 fully saturated rings. The van der Waals surface area contributed by atoms with Crippen LogP contribution < -0.4 is 5.56 Å². The van der Waals surface area contributed by atoms with Crippen LogP contribution in [0.25, 0.3) is 16.7 Å². The average Bonchev–Trinajstić information content (AvgIpc) is 3.39. The van der Waals surface area contributed by atoms with Gasteiger partial charge in [0.2, 0.25) is 5.91 Å². The van der Waals surface area contributed by atoms with Crippen molar-refractivity contribution in [1.29, 1.82) is 0 Å². The number of nitrogens with zero attached hydrogens (tertiary/aromatic N) is 6. The summed E-state index contributed by atoms with van der Waals surface area (Å²) in [7, 11) is 0. The van der Waals surface area contributed by atoms with Gasteiger partial charge in [-0.1, -0.05) is 18.7 Å². The van der Waals surface area contributed by atoms with E-state index in [1.807, 2.05) is 4.90 Å². The summed E-state index contributed by atoms with van der Waals surface area (Å²) in [5, 5.41) is 5.29. The van der Waals surface area contributed by atoms with Crippen molar-refractivity contribution in [3.63, 3.8) is 0 Å². The summed E-state index contributed by atoms with van der Waals surface area (Å²) in [5.41, 5.74) is 0.888. The van der Waals surface area contributed by atoms with Gasteiger partial charge >= 0.3 is 0 Å². The number of hydrogen-bond donors (Lipinski definition) is 0. The molecule has 0 unspecified atom stereocenters. The standard InChI is InChI=1S/C21H23FN6O2S/c1-2-25-7-9-26(10-8-25)18(29)11-16-13-31-21-24-19-17(20(30)27(16)21)12-23-28(19)15-5-3-14(22)4-6-15/h3-6,12,16H,2,7-11,13H2,1H3/t16-/m0/s1. The summed E-state index contributed by atoms with van der Waals surface area (Å²) in [6.07, 6.45) is 1.79. The molecule has 4 heterocycles. The molecule has 1 atom stereocenters. The Hall–Kier alpha value is -2.72. The van der Waals surface area contributed by atoms with Gasteiger partial charge < -0.3 is 9.80 Å². The molecule has 162 valence electrons. The van der Waals surface area contributed by atoms with Crippen LogP contribution in [-0.2, 0) is 4.79 Å². The first-order valence-corrected chi connectivity index (χ1v) is 11.4. The molecule has 1 aromatic carbocycles. The van der Waals surface area contributed by atoms with Crippen LogP contribution in [0, 0.1) is 5.82 Å². The second kappa shape index (κ2) is 8.08. The van der Waals surface area contributed by atoms with Crippen LogP contribution in [-0.4, -0.2) is 73.5 Å². The molecule has 0 bridgehead atoms. The number of amides is 1. The quantitative estimate of drug-likeness (QED) is 0.575. The summed E-state index contributed by atoms with van der Waals surface area (Å²) in [6.45, 7) is 6.37. The van der Waals surface area contributed by atoms with Crippen molar-refractivity contribution in [3.05, 3.63) is 46.6 Å². The third-order valence-corrected chi connectivity index (χ3v) is 7.12. The molecule has 8 nitrogen and oxygen atoms in total. The largest absolute Gasteiger partial charge is 0.340 e. The number of benzene rings is 1. The highest BCUT2D eigenvalue weighted by molar-refractivity contribution is 7.99. The minimum atomic E-state index is -0.340. The van der Waals surface area contributed by atoms with Crippen LogP contribution >= 0.6 is 11.8 Å². The molecule has 1 amide bonds. The first-order chi connectivity index (χ1) is 15.0. The molecular weight excluding hydrogens is 419 g/mol. The maximum atomic E-state index is 13.3. The van der Waals surface area contributed by atoms with E-state index in [2.05, 4.69) is 21.9 Å². The lowest BCUT2D eigenvalue weighted by Crippen LogP contribution is -2.49. The smallest absolute Gasteiger partial charge is 0.265 e. The average molecular weight is 443 g/mol. The maximum Gasteiger partial charge on any atom is 0.265 e. The summed E-state index contributed by atoms with van der Waals surface area (Å²) in [5.74, 6) is 0.385. The van der Waals surface area contributed by atoms with Gasteiger partial charge in [0.25, 0.3) is 5.56 Å². The molecule has 2 aromatic heterocycles. The summed E-state index contributed by atoms with van der Waals surface area (Å²) >= 11 is 1.48. The number of aromatic nitrogens is 4. The maximum absolute atomic E-state index is 13.3. The van der Waals surface area contributed by atoms with Crippen LogP contribution in [0.1, 0.15) is 19.4 Å². The molecule has 2 aliphatic heterocycles. The van der Waals surface area contributed by atoms with Crippen molar-refractivity contribution < 1.29 is 9.18 Å². The number of rotatable bonds is 4. The fourth-order valence-corrected chi connectivity index (χ4v) is 5.33. The zero-order valence-corrected chi connectivity index (χ0v) is 18.0. The Kier molecular flexibility index (Phi) is 5.27. The van der Waals surface area contributed by atoms with E-state index in [1.54, 1.807) is 21.4 Å². The van der Waals surface area contributed by atoms with Crippen molar-refractivity contribution in [2.45, 2.75) is 24.5 Å². The van der Waals surface area contributed by atoms with Gasteiger partial charge in [0, 0.05) is 38.4 Å². The first kappa shape index (κ1) is 20.2. The van der Waals surface area contributed by atoms with Crippen LogP contribution in [0.4, 0.5) is 4.39 Å². The van der Waals surface area contributed by atoms with Gasteiger partial charge in [-0.15, -0.1) is 0 Å². The van der Waals surface area contributed by atoms with Gasteiger partial charge in [-0.05, 0) is 30.8 Å². The SMILES string of the molecule is CCN1CCN(C(=O)C[C@H]2CSc3nc4c(cnn4-c4ccc(F)cc4)c(=O)n32)CC1. The Balaban J connectivity index is 1.41. The summed E-state index contributed by atoms with van der Waals surface area (Å²) < 4.78 is 16.5. The zero-order valence-electron chi connectivity index (χ0n) is 17.2. The van der Waals surface area contributed by atoms with Crippen LogP contribution in [0.3, 0.4) is 0 Å². The van der Waals surface area contributed by atoms with Gasteiger partial charge in [0.1, 0.15) is 11.2 Å². The molecular formula is C21H23FN6O2S. The highest BCUT2D eigenvalue weighted by Gasteiger charge is 2.31. The monoisotopic (exact) mass is 442 g/mol. The van der Waals surface area contributed by atoms with Crippen LogP contribution in [0.15, 0.2) is 40.4 Å². The Bertz CT molecular complexity index is 1180. The number of carbonyl (C=O) groups excluding carboxylic acids is 1. The Labute approximate surface area is 182 Å². The lowest BCUT2D eigenvalue weighted by atomic mass is 10.2. The molecule has 0 radical (unpaired) electrons. The second-order valence-corrected chi connectivity index (χ2v) is 8.81. The number of halogens is 1. The number of carbonyl (C=O) groups is 1. The van der Waals surface area contributed by atoms with Crippen LogP contribution in [0.5, 0.6) is 0 Å². The fourth-order valence-electron chi connectivity index (χ4n) is 4.20. The van der Waals surface area contributed by atoms with Crippen molar-refractivity contribution in [3.8, 4) is 5.69 Å². The highest BCUT2D eigenvalue weighted by Crippen LogP contribution is 2.33. The minimum absolute atomic E-state index is 0.0863. The van der Waals surface area contributed by atoms with Gasteiger partial charge in [0.15, 0.2) is 10.8 Å². The topological polar surface area (TPSA) is 76.3 Å². The third-order valence-electron chi connectivity index (χ3n) is 6.02. The molecule has 0 aliphatic carbocycles. The second-order valence-electron chi connectivity index (χ2n) is 7.82. The Morgan fingerprint density at radius 2 is 1.94 bits per heavy atom. The normalized spacial score (nSPS) is 19.2. The molecule has 0 spiro atoms. The van der Waals surface area contributed by atoms with Crippen molar-refractivity contribution >= 4 is 28.7 Å². The number of likely N-dealkylation sites (N-methyl/N-ethyl adjacent to an activating group) is 1. The number of thioether (sulfide) groups is 1. The molecule has 1 saturated heterocycles. The van der Waals surface area contributed by atoms with E-state index in [0.29, 0.717) is 34.1 Å². The molecule has 10 heteroatoms. The van der Waals surface area contributed by atoms with Gasteiger partial charge in [-0.3, -0.25) is 14.2 Å². The van der Waals surface area contributed by atoms with E-state index >= 15 is 0 Å².